The molecule has 0 fully saturated rings. The molecule has 0 spiro atoms. The van der Waals surface area contributed by atoms with Gasteiger partial charge in [0.1, 0.15) is 5.75 Å². The lowest BCUT2D eigenvalue weighted by molar-refractivity contribution is 0.174. The molecule has 2 unspecified atom stereocenters. The van der Waals surface area contributed by atoms with Gasteiger partial charge in [-0.15, -0.1) is 0 Å². The summed E-state index contributed by atoms with van der Waals surface area (Å²) in [5.74, 6) is 0.915. The van der Waals surface area contributed by atoms with Gasteiger partial charge < -0.3 is 10.2 Å². The van der Waals surface area contributed by atoms with E-state index in [2.05, 4.69) is 19.6 Å². The molecule has 0 amide bonds. The van der Waals surface area contributed by atoms with Crippen molar-refractivity contribution in [2.75, 3.05) is 0 Å². The van der Waals surface area contributed by atoms with E-state index < -0.39 is 0 Å². The van der Waals surface area contributed by atoms with E-state index in [1.54, 1.807) is 6.07 Å². The Morgan fingerprint density at radius 1 is 1.33 bits per heavy atom. The van der Waals surface area contributed by atoms with Crippen LogP contribution in [0, 0.1) is 5.92 Å². The van der Waals surface area contributed by atoms with Crippen molar-refractivity contribution < 1.29 is 10.2 Å². The molecule has 0 aliphatic heterocycles. The first-order valence-corrected chi connectivity index (χ1v) is 7.72. The third-order valence-electron chi connectivity index (χ3n) is 3.97. The largest absolute Gasteiger partial charge is 0.508 e. The van der Waals surface area contributed by atoms with Gasteiger partial charge in [0.25, 0.3) is 0 Å². The van der Waals surface area contributed by atoms with Crippen LogP contribution in [0.4, 0.5) is 0 Å². The lowest BCUT2D eigenvalue weighted by Crippen LogP contribution is -2.19. The number of phenolic OH excluding ortho intramolecular Hbond substituents is 1. The third kappa shape index (κ3) is 5.76. The molecule has 2 rings (SSSR count). The highest BCUT2D eigenvalue weighted by Crippen LogP contribution is 2.27. The van der Waals surface area contributed by atoms with E-state index in [1.807, 2.05) is 32.0 Å². The van der Waals surface area contributed by atoms with Crippen LogP contribution in [-0.2, 0) is 6.42 Å². The topological polar surface area (TPSA) is 40.5 Å². The summed E-state index contributed by atoms with van der Waals surface area (Å²) in [5.41, 5.74) is 3.35. The van der Waals surface area contributed by atoms with Crippen molar-refractivity contribution in [2.24, 2.45) is 5.92 Å². The minimum atomic E-state index is -0.231. The summed E-state index contributed by atoms with van der Waals surface area (Å²) in [5, 5.41) is 18.7. The monoisotopic (exact) mass is 288 g/mol. The van der Waals surface area contributed by atoms with Crippen LogP contribution < -0.4 is 0 Å². The lowest BCUT2D eigenvalue weighted by Gasteiger charge is -2.24. The highest BCUT2D eigenvalue weighted by molar-refractivity contribution is 5.31. The molecular formula is C19H28O2. The first-order valence-electron chi connectivity index (χ1n) is 7.72. The quantitative estimate of drug-likeness (QED) is 0.796. The Morgan fingerprint density at radius 2 is 2.00 bits per heavy atom. The van der Waals surface area contributed by atoms with Crippen LogP contribution in [0.25, 0.3) is 0 Å². The van der Waals surface area contributed by atoms with Gasteiger partial charge in [-0.1, -0.05) is 49.8 Å². The first-order chi connectivity index (χ1) is 9.95. The minimum Gasteiger partial charge on any atom is -0.508 e. The first kappa shape index (κ1) is 17.5. The van der Waals surface area contributed by atoms with E-state index in [9.17, 15) is 10.2 Å². The molecule has 21 heavy (non-hydrogen) atoms. The Labute approximate surface area is 128 Å². The van der Waals surface area contributed by atoms with Gasteiger partial charge in [-0.3, -0.25) is 0 Å². The third-order valence-corrected chi connectivity index (χ3v) is 3.97. The van der Waals surface area contributed by atoms with Crippen LogP contribution in [0.2, 0.25) is 0 Å². The number of aliphatic hydroxyl groups excluding tert-OH is 1. The van der Waals surface area contributed by atoms with Crippen molar-refractivity contribution in [3.8, 4) is 5.75 Å². The maximum atomic E-state index is 9.49. The predicted molar refractivity (Wildman–Crippen MR) is 89.4 cm³/mol. The van der Waals surface area contributed by atoms with Crippen LogP contribution in [0.3, 0.4) is 0 Å². The average molecular weight is 288 g/mol. The molecule has 1 aliphatic rings. The summed E-state index contributed by atoms with van der Waals surface area (Å²) in [4.78, 5) is 0. The van der Waals surface area contributed by atoms with Crippen molar-refractivity contribution in [3.63, 3.8) is 0 Å². The maximum absolute atomic E-state index is 9.49. The summed E-state index contributed by atoms with van der Waals surface area (Å²) in [6, 6.07) is 7.48. The normalized spacial score (nSPS) is 21.0. The Bertz CT molecular complexity index is 488. The summed E-state index contributed by atoms with van der Waals surface area (Å²) in [7, 11) is 0. The molecular weight excluding hydrogens is 260 g/mol. The van der Waals surface area contributed by atoms with Crippen molar-refractivity contribution in [3.05, 3.63) is 53.6 Å². The zero-order valence-electron chi connectivity index (χ0n) is 13.5. The van der Waals surface area contributed by atoms with Gasteiger partial charge in [0.05, 0.1) is 6.10 Å². The molecule has 2 heteroatoms. The smallest absolute Gasteiger partial charge is 0.118 e. The number of aliphatic hydroxyl groups is 1. The molecule has 2 N–H and O–H groups in total. The Kier molecular flexibility index (Phi) is 7.24. The minimum absolute atomic E-state index is 0.231. The Hall–Kier alpha value is -1.54. The predicted octanol–water partition coefficient (Wildman–Crippen LogP) is 4.62. The van der Waals surface area contributed by atoms with Gasteiger partial charge in [0.2, 0.25) is 0 Å². The summed E-state index contributed by atoms with van der Waals surface area (Å²) < 4.78 is 0. The average Bonchev–Trinajstić information content (AvgIpc) is 2.45. The number of para-hydroxylation sites is 1. The number of hydrogen-bond donors (Lipinski definition) is 2. The van der Waals surface area contributed by atoms with Crippen LogP contribution in [0.1, 0.15) is 45.6 Å². The number of phenols is 1. The lowest BCUT2D eigenvalue weighted by atomic mass is 9.84. The van der Waals surface area contributed by atoms with Crippen molar-refractivity contribution >= 4 is 0 Å². The second kappa shape index (κ2) is 8.68. The van der Waals surface area contributed by atoms with Crippen molar-refractivity contribution in [1.29, 1.82) is 0 Å². The number of aromatic hydroxyl groups is 1. The molecule has 1 aromatic carbocycles. The van der Waals surface area contributed by atoms with Gasteiger partial charge in [-0.25, -0.2) is 0 Å². The molecule has 2 atom stereocenters. The van der Waals surface area contributed by atoms with Crippen LogP contribution in [-0.4, -0.2) is 16.3 Å². The number of rotatable bonds is 3. The zero-order valence-corrected chi connectivity index (χ0v) is 13.5. The van der Waals surface area contributed by atoms with E-state index in [0.717, 1.165) is 36.8 Å². The molecule has 0 bridgehead atoms. The second-order valence-electron chi connectivity index (χ2n) is 5.86. The standard InChI is InChI=1S/C10H16O.C9H12O/c1-7(2)9-5-4-8(3)10(11)6-9;1-2-5-8-6-3-4-7-9(8)10/h4,9-11H,1,5-6H2,2-3H3;3-4,6-7,10H,2,5H2,1H3. The highest BCUT2D eigenvalue weighted by atomic mass is 16.3. The van der Waals surface area contributed by atoms with Gasteiger partial charge in [0.15, 0.2) is 0 Å². The second-order valence-corrected chi connectivity index (χ2v) is 5.86. The van der Waals surface area contributed by atoms with Crippen LogP contribution in [0.15, 0.2) is 48.1 Å². The number of hydrogen-bond acceptors (Lipinski definition) is 2. The van der Waals surface area contributed by atoms with Gasteiger partial charge in [-0.05, 0) is 56.2 Å². The fourth-order valence-electron chi connectivity index (χ4n) is 2.41. The molecule has 0 heterocycles. The summed E-state index contributed by atoms with van der Waals surface area (Å²) >= 11 is 0. The van der Waals surface area contributed by atoms with E-state index in [0.29, 0.717) is 11.7 Å². The number of allylic oxidation sites excluding steroid dienone is 2. The van der Waals surface area contributed by atoms with E-state index in [1.165, 1.54) is 5.57 Å². The van der Waals surface area contributed by atoms with Gasteiger partial charge >= 0.3 is 0 Å². The van der Waals surface area contributed by atoms with Crippen molar-refractivity contribution in [1.82, 2.24) is 0 Å². The molecule has 116 valence electrons. The maximum Gasteiger partial charge on any atom is 0.118 e. The van der Waals surface area contributed by atoms with E-state index >= 15 is 0 Å². The Morgan fingerprint density at radius 3 is 2.52 bits per heavy atom. The number of benzene rings is 1. The molecule has 0 saturated heterocycles. The molecule has 2 nitrogen and oxygen atoms in total. The zero-order chi connectivity index (χ0) is 15.8. The summed E-state index contributed by atoms with van der Waals surface area (Å²) in [6.07, 6.45) is 5.85. The molecule has 1 aromatic rings. The van der Waals surface area contributed by atoms with Crippen LogP contribution in [0.5, 0.6) is 5.75 Å². The molecule has 0 saturated carbocycles. The fraction of sp³-hybridized carbons (Fsp3) is 0.474. The molecule has 1 aliphatic carbocycles. The van der Waals surface area contributed by atoms with Crippen molar-refractivity contribution in [2.45, 2.75) is 52.6 Å². The summed E-state index contributed by atoms with van der Waals surface area (Å²) in [6.45, 7) is 10.0. The van der Waals surface area contributed by atoms with Crippen LogP contribution >= 0.6 is 0 Å². The molecule has 0 radical (unpaired) electrons. The van der Waals surface area contributed by atoms with Gasteiger partial charge in [0, 0.05) is 0 Å². The van der Waals surface area contributed by atoms with E-state index in [4.69, 9.17) is 0 Å². The SMILES string of the molecule is C=C(C)C1CC=C(C)C(O)C1.CCCc1ccccc1O. The van der Waals surface area contributed by atoms with E-state index in [-0.39, 0.29) is 6.10 Å². The highest BCUT2D eigenvalue weighted by Gasteiger charge is 2.19. The Balaban J connectivity index is 0.000000211. The molecule has 0 aromatic heterocycles. The number of aryl methyl sites for hydroxylation is 1. The fourth-order valence-corrected chi connectivity index (χ4v) is 2.41. The van der Waals surface area contributed by atoms with Gasteiger partial charge in [-0.2, -0.15) is 0 Å².